The molecule has 3 aromatic rings. The number of halogens is 2. The first-order chi connectivity index (χ1) is 21.9. The number of amides is 1. The molecule has 1 aromatic heterocycles. The van der Waals surface area contributed by atoms with Gasteiger partial charge in [-0.2, -0.15) is 19.9 Å². The molecule has 0 saturated heterocycles. The molecule has 2 heterocycles. The van der Waals surface area contributed by atoms with E-state index in [4.69, 9.17) is 0 Å². The first-order valence-corrected chi connectivity index (χ1v) is 15.2. The second-order valence-corrected chi connectivity index (χ2v) is 11.8. The number of anilines is 1. The van der Waals surface area contributed by atoms with E-state index in [0.717, 1.165) is 30.4 Å². The third kappa shape index (κ3) is 9.25. The van der Waals surface area contributed by atoms with Gasteiger partial charge in [-0.3, -0.25) is 4.79 Å². The molecule has 0 fully saturated rings. The number of hydrogen-bond acceptors (Lipinski definition) is 12. The van der Waals surface area contributed by atoms with Crippen LogP contribution in [0.5, 0.6) is 5.88 Å². The molecule has 0 spiro atoms. The van der Waals surface area contributed by atoms with E-state index in [1.165, 1.54) is 30.4 Å². The number of carbonyl (C=O) groups is 3. The Morgan fingerprint density at radius 1 is 0.796 bits per heavy atom. The summed E-state index contributed by atoms with van der Waals surface area (Å²) in [5, 5.41) is 37.0. The Morgan fingerprint density at radius 3 is 1.80 bits per heavy atom. The number of nitrogens with zero attached hydrogens (tertiary/aromatic N) is 4. The van der Waals surface area contributed by atoms with Crippen LogP contribution in [0.4, 0.5) is 14.5 Å². The number of aliphatic carboxylic acids is 1. The maximum absolute atomic E-state index is 14.5. The van der Waals surface area contributed by atoms with Crippen LogP contribution in [0.2, 0.25) is 0 Å². The third-order valence-corrected chi connectivity index (χ3v) is 7.68. The van der Waals surface area contributed by atoms with Crippen LogP contribution in [0, 0.1) is 11.6 Å². The van der Waals surface area contributed by atoms with E-state index >= 15 is 0 Å². The Balaban J connectivity index is 0.00000417. The monoisotopic (exact) mass is 734 g/mol. The van der Waals surface area contributed by atoms with Crippen molar-refractivity contribution in [1.29, 1.82) is 0 Å². The number of benzene rings is 2. The zero-order valence-electron chi connectivity index (χ0n) is 24.9. The van der Waals surface area contributed by atoms with Crippen LogP contribution in [0.25, 0.3) is 11.8 Å². The van der Waals surface area contributed by atoms with Crippen LogP contribution in [0.3, 0.4) is 0 Å². The van der Waals surface area contributed by atoms with Gasteiger partial charge in [0, 0.05) is 0 Å². The van der Waals surface area contributed by atoms with Crippen LogP contribution >= 0.6 is 0 Å². The van der Waals surface area contributed by atoms with Gasteiger partial charge in [0.1, 0.15) is 43.2 Å². The van der Waals surface area contributed by atoms with E-state index in [0.29, 0.717) is 27.9 Å². The summed E-state index contributed by atoms with van der Waals surface area (Å²) in [7, 11) is -10.0. The van der Waals surface area contributed by atoms with E-state index in [-0.39, 0.29) is 64.7 Å². The quantitative estimate of drug-likeness (QED) is 0.0776. The SMILES string of the molecule is O=C(O)C1=NN(c2ccc(S(=O)(=O)[O-])cc2[18F])C(=O)\C1=C/C=C/C=C/C=C/c1c(C(=O)O)nn(-c2ccc(S(=O)(=O)[O-])cc2[18F])c1O.[Na+].[Na+]. The summed E-state index contributed by atoms with van der Waals surface area (Å²) in [4.78, 5) is 34.3. The number of carboxylic acid groups (broad SMARTS) is 2. The second kappa shape index (κ2) is 16.3. The van der Waals surface area contributed by atoms with Gasteiger partial charge in [0.15, 0.2) is 11.4 Å². The van der Waals surface area contributed by atoms with Gasteiger partial charge in [-0.05, 0) is 48.6 Å². The number of hydrazone groups is 1. The molecule has 3 N–H and O–H groups in total. The van der Waals surface area contributed by atoms with Gasteiger partial charge in [0.2, 0.25) is 5.88 Å². The first kappa shape index (κ1) is 41.3. The number of rotatable bonds is 10. The Hall–Kier alpha value is -3.83. The minimum Gasteiger partial charge on any atom is -0.744 e. The molecule has 22 heteroatoms. The topological polar surface area (TPSA) is 260 Å². The zero-order chi connectivity index (χ0) is 34.8. The Morgan fingerprint density at radius 2 is 1.31 bits per heavy atom. The van der Waals surface area contributed by atoms with Crippen molar-refractivity contribution < 1.29 is 124 Å². The summed E-state index contributed by atoms with van der Waals surface area (Å²) in [6.07, 6.45) is 8.39. The maximum atomic E-state index is 14.5. The fourth-order valence-corrected chi connectivity index (χ4v) is 4.88. The molecule has 0 atom stereocenters. The molecule has 0 unspecified atom stereocenters. The molecular weight excluding hydrogens is 718 g/mol. The molecule has 1 aliphatic rings. The average Bonchev–Trinajstić information content (AvgIpc) is 3.48. The predicted octanol–water partition coefficient (Wildman–Crippen LogP) is -4.09. The van der Waals surface area contributed by atoms with Crippen molar-refractivity contribution >= 4 is 55.6 Å². The van der Waals surface area contributed by atoms with Crippen molar-refractivity contribution in [3.63, 3.8) is 0 Å². The molecular formula is C27H16F2N4Na2O12S2. The smallest absolute Gasteiger partial charge is 0.744 e. The van der Waals surface area contributed by atoms with Gasteiger partial charge in [0.05, 0.1) is 20.9 Å². The molecule has 0 aliphatic carbocycles. The van der Waals surface area contributed by atoms with Crippen LogP contribution in [0.1, 0.15) is 16.1 Å². The number of aromatic hydroxyl groups is 1. The van der Waals surface area contributed by atoms with Gasteiger partial charge >= 0.3 is 71.1 Å². The van der Waals surface area contributed by atoms with Crippen molar-refractivity contribution in [2.24, 2.45) is 5.10 Å². The minimum atomic E-state index is -5.01. The van der Waals surface area contributed by atoms with E-state index in [1.807, 2.05) is 0 Å². The van der Waals surface area contributed by atoms with Gasteiger partial charge < -0.3 is 24.4 Å². The van der Waals surface area contributed by atoms with Crippen LogP contribution < -0.4 is 64.1 Å². The molecule has 4 rings (SSSR count). The van der Waals surface area contributed by atoms with Crippen molar-refractivity contribution in [3.05, 3.63) is 101 Å². The molecule has 0 bridgehead atoms. The fraction of sp³-hybridized carbons (Fsp3) is 0. The number of carboxylic acids is 2. The number of allylic oxidation sites excluding steroid dienone is 6. The molecule has 1 amide bonds. The molecule has 1 aliphatic heterocycles. The summed E-state index contributed by atoms with van der Waals surface area (Å²) in [6, 6.07) is 3.75. The summed E-state index contributed by atoms with van der Waals surface area (Å²) >= 11 is 0. The molecule has 0 radical (unpaired) electrons. The van der Waals surface area contributed by atoms with E-state index in [9.17, 15) is 64.4 Å². The first-order valence-electron chi connectivity index (χ1n) is 12.4. The van der Waals surface area contributed by atoms with Crippen LogP contribution in [-0.2, 0) is 29.8 Å². The molecule has 16 nitrogen and oxygen atoms in total. The predicted molar refractivity (Wildman–Crippen MR) is 152 cm³/mol. The van der Waals surface area contributed by atoms with Gasteiger partial charge in [-0.1, -0.05) is 30.4 Å². The van der Waals surface area contributed by atoms with Crippen molar-refractivity contribution in [1.82, 2.24) is 9.78 Å². The normalized spacial score (nSPS) is 14.4. The Labute approximate surface area is 319 Å². The summed E-state index contributed by atoms with van der Waals surface area (Å²) in [6.45, 7) is 0. The standard InChI is InChI=1S/C27H18F2N4O12S2.2Na/c28-18-12-14(46(40,41)42)8-10-20(18)32-24(34)16(22(30-32)26(36)37)6-4-2-1-3-5-7-17-23(27(38)39)31-33(25(17)35)21-11-9-15(13-19(21)29)47(43,44)45;;/h1-13,34H,(H,36,37)(H,38,39)(H,40,41,42)(H,43,44,45);;/q;2*+1/p-2/b2-1+,5-3+,6-4+,17-7-;;/i28-1,29-1;;. The number of aromatic nitrogens is 2. The van der Waals surface area contributed by atoms with Crippen molar-refractivity contribution in [2.75, 3.05) is 5.01 Å². The van der Waals surface area contributed by atoms with E-state index in [1.54, 1.807) is 0 Å². The molecule has 49 heavy (non-hydrogen) atoms. The summed E-state index contributed by atoms with van der Waals surface area (Å²) < 4.78 is 96.2. The van der Waals surface area contributed by atoms with Gasteiger partial charge in [-0.25, -0.2) is 35.2 Å². The molecule has 0 saturated carbocycles. The fourth-order valence-electron chi connectivity index (χ4n) is 3.91. The van der Waals surface area contributed by atoms with E-state index < -0.39 is 93.7 Å². The number of carbonyl (C=O) groups excluding carboxylic acids is 1. The van der Waals surface area contributed by atoms with Crippen LogP contribution in [0.15, 0.2) is 93.3 Å². The average molecular weight is 735 g/mol. The zero-order valence-corrected chi connectivity index (χ0v) is 30.5. The summed E-state index contributed by atoms with van der Waals surface area (Å²) in [5.41, 5.74) is -3.57. The van der Waals surface area contributed by atoms with E-state index in [2.05, 4.69) is 10.2 Å². The van der Waals surface area contributed by atoms with Crippen molar-refractivity contribution in [2.45, 2.75) is 9.79 Å². The second-order valence-electron chi connectivity index (χ2n) is 9.02. The largest absolute Gasteiger partial charge is 1.00 e. The minimum absolute atomic E-state index is 0. The third-order valence-electron chi connectivity index (χ3n) is 6.02. The van der Waals surface area contributed by atoms with Gasteiger partial charge in [-0.15, -0.1) is 0 Å². The Kier molecular flexibility index (Phi) is 13.7. The maximum Gasteiger partial charge on any atom is 1.00 e. The molecule has 244 valence electrons. The number of hydrogen-bond donors (Lipinski definition) is 3. The number of aromatic carboxylic acids is 1. The van der Waals surface area contributed by atoms with Crippen LogP contribution in [-0.4, -0.2) is 74.6 Å². The van der Waals surface area contributed by atoms with Crippen molar-refractivity contribution in [3.8, 4) is 11.6 Å². The Bertz CT molecular complexity index is 2230. The molecule has 2 aromatic carbocycles. The summed E-state index contributed by atoms with van der Waals surface area (Å²) in [5.74, 6) is -7.86. The van der Waals surface area contributed by atoms with Gasteiger partial charge in [0.25, 0.3) is 5.91 Å².